The summed E-state index contributed by atoms with van der Waals surface area (Å²) in [6.07, 6.45) is 2.80. The van der Waals surface area contributed by atoms with Crippen LogP contribution in [0.4, 0.5) is 4.39 Å². The van der Waals surface area contributed by atoms with Crippen LogP contribution in [-0.2, 0) is 16.1 Å². The van der Waals surface area contributed by atoms with Gasteiger partial charge in [-0.3, -0.25) is 9.59 Å². The van der Waals surface area contributed by atoms with E-state index >= 15 is 0 Å². The largest absolute Gasteiger partial charge is 0.352 e. The number of rotatable bonds is 7. The van der Waals surface area contributed by atoms with E-state index in [0.29, 0.717) is 38.9 Å². The van der Waals surface area contributed by atoms with Gasteiger partial charge in [0.25, 0.3) is 0 Å². The Bertz CT molecular complexity index is 540. The maximum atomic E-state index is 12.9. The highest BCUT2D eigenvalue weighted by molar-refractivity contribution is 5.80. The minimum atomic E-state index is -0.281. The third-order valence-electron chi connectivity index (χ3n) is 4.42. The van der Waals surface area contributed by atoms with E-state index in [2.05, 4.69) is 10.6 Å². The van der Waals surface area contributed by atoms with E-state index < -0.39 is 0 Å². The quantitative estimate of drug-likeness (QED) is 0.745. The number of carbonyl (C=O) groups excluding carboxylic acids is 2. The first-order chi connectivity index (χ1) is 11.6. The van der Waals surface area contributed by atoms with Gasteiger partial charge in [-0.1, -0.05) is 12.1 Å². The fourth-order valence-electron chi connectivity index (χ4n) is 2.90. The fourth-order valence-corrected chi connectivity index (χ4v) is 2.90. The fraction of sp³-hybridized carbons (Fsp3) is 0.556. The molecule has 1 aromatic carbocycles. The van der Waals surface area contributed by atoms with Crippen molar-refractivity contribution >= 4 is 11.8 Å². The Hall–Kier alpha value is -1.95. The smallest absolute Gasteiger partial charge is 0.223 e. The van der Waals surface area contributed by atoms with Crippen molar-refractivity contribution in [2.45, 2.75) is 32.2 Å². The number of amides is 2. The monoisotopic (exact) mass is 335 g/mol. The molecule has 2 N–H and O–H groups in total. The SMILES string of the molecule is CNCCCC(=O)N1CCC(C(=O)NCc2ccc(F)cc2)CC1. The molecule has 1 heterocycles. The maximum Gasteiger partial charge on any atom is 0.223 e. The number of piperidine rings is 1. The molecule has 0 spiro atoms. The van der Waals surface area contributed by atoms with Crippen molar-refractivity contribution < 1.29 is 14.0 Å². The highest BCUT2D eigenvalue weighted by Crippen LogP contribution is 2.18. The zero-order valence-corrected chi connectivity index (χ0v) is 14.2. The predicted molar refractivity (Wildman–Crippen MR) is 90.7 cm³/mol. The van der Waals surface area contributed by atoms with E-state index in [9.17, 15) is 14.0 Å². The van der Waals surface area contributed by atoms with Gasteiger partial charge in [-0.25, -0.2) is 4.39 Å². The summed E-state index contributed by atoms with van der Waals surface area (Å²) in [5, 5.41) is 5.94. The molecule has 1 aliphatic heterocycles. The van der Waals surface area contributed by atoms with Crippen molar-refractivity contribution in [1.29, 1.82) is 0 Å². The average Bonchev–Trinajstić information content (AvgIpc) is 2.61. The summed E-state index contributed by atoms with van der Waals surface area (Å²) in [5.41, 5.74) is 0.877. The lowest BCUT2D eigenvalue weighted by atomic mass is 9.95. The molecule has 6 heteroatoms. The van der Waals surface area contributed by atoms with Crippen LogP contribution >= 0.6 is 0 Å². The summed E-state index contributed by atoms with van der Waals surface area (Å²) in [6, 6.07) is 6.11. The number of benzene rings is 1. The Morgan fingerprint density at radius 3 is 2.50 bits per heavy atom. The predicted octanol–water partition coefficient (Wildman–Crippen LogP) is 1.68. The van der Waals surface area contributed by atoms with E-state index in [1.54, 1.807) is 12.1 Å². The number of likely N-dealkylation sites (tertiary alicyclic amines) is 1. The van der Waals surface area contributed by atoms with Gasteiger partial charge < -0.3 is 15.5 Å². The number of nitrogens with one attached hydrogen (secondary N) is 2. The molecule has 0 aromatic heterocycles. The number of nitrogens with zero attached hydrogens (tertiary/aromatic N) is 1. The lowest BCUT2D eigenvalue weighted by Crippen LogP contribution is -2.43. The van der Waals surface area contributed by atoms with Crippen molar-refractivity contribution in [3.05, 3.63) is 35.6 Å². The minimum absolute atomic E-state index is 0.0154. The molecule has 132 valence electrons. The summed E-state index contributed by atoms with van der Waals surface area (Å²) in [4.78, 5) is 26.1. The molecule has 1 aliphatic rings. The van der Waals surface area contributed by atoms with Gasteiger partial charge in [-0.15, -0.1) is 0 Å². The van der Waals surface area contributed by atoms with E-state index in [0.717, 1.165) is 18.5 Å². The normalized spacial score (nSPS) is 15.3. The summed E-state index contributed by atoms with van der Waals surface area (Å²) in [6.45, 7) is 2.54. The highest BCUT2D eigenvalue weighted by atomic mass is 19.1. The van der Waals surface area contributed by atoms with E-state index in [4.69, 9.17) is 0 Å². The number of hydrogen-bond acceptors (Lipinski definition) is 3. The molecule has 0 radical (unpaired) electrons. The Kier molecular flexibility index (Phi) is 7.18. The molecular formula is C18H26FN3O2. The van der Waals surface area contributed by atoms with Gasteiger partial charge >= 0.3 is 0 Å². The van der Waals surface area contributed by atoms with Gasteiger partial charge in [0.05, 0.1) is 0 Å². The van der Waals surface area contributed by atoms with Gasteiger partial charge in [0.15, 0.2) is 0 Å². The summed E-state index contributed by atoms with van der Waals surface area (Å²) in [5.74, 6) is -0.138. The molecule has 0 bridgehead atoms. The molecule has 1 fully saturated rings. The van der Waals surface area contributed by atoms with Crippen molar-refractivity contribution in [3.8, 4) is 0 Å². The first-order valence-electron chi connectivity index (χ1n) is 8.54. The molecule has 2 amide bonds. The molecule has 0 saturated carbocycles. The summed E-state index contributed by atoms with van der Waals surface area (Å²) >= 11 is 0. The van der Waals surface area contributed by atoms with Gasteiger partial charge in [-0.05, 0) is 50.6 Å². The minimum Gasteiger partial charge on any atom is -0.352 e. The highest BCUT2D eigenvalue weighted by Gasteiger charge is 2.26. The Morgan fingerprint density at radius 1 is 1.21 bits per heavy atom. The number of hydrogen-bond donors (Lipinski definition) is 2. The van der Waals surface area contributed by atoms with E-state index in [-0.39, 0.29) is 23.5 Å². The lowest BCUT2D eigenvalue weighted by Gasteiger charge is -2.31. The van der Waals surface area contributed by atoms with Crippen LogP contribution in [0.1, 0.15) is 31.2 Å². The Labute approximate surface area is 142 Å². The van der Waals surface area contributed by atoms with Crippen molar-refractivity contribution in [1.82, 2.24) is 15.5 Å². The van der Waals surface area contributed by atoms with E-state index in [1.807, 2.05) is 11.9 Å². The van der Waals surface area contributed by atoms with Gasteiger partial charge in [0.1, 0.15) is 5.82 Å². The molecule has 2 rings (SSSR count). The zero-order valence-electron chi connectivity index (χ0n) is 14.2. The second-order valence-electron chi connectivity index (χ2n) is 6.21. The molecule has 0 aliphatic carbocycles. The maximum absolute atomic E-state index is 12.9. The van der Waals surface area contributed by atoms with Crippen LogP contribution in [-0.4, -0.2) is 43.4 Å². The first-order valence-corrected chi connectivity index (χ1v) is 8.54. The Balaban J connectivity index is 1.70. The van der Waals surface area contributed by atoms with Gasteiger partial charge in [0, 0.05) is 32.0 Å². The topological polar surface area (TPSA) is 61.4 Å². The van der Waals surface area contributed by atoms with Crippen LogP contribution in [0.3, 0.4) is 0 Å². The van der Waals surface area contributed by atoms with Crippen LogP contribution in [0.15, 0.2) is 24.3 Å². The Morgan fingerprint density at radius 2 is 1.88 bits per heavy atom. The van der Waals surface area contributed by atoms with Gasteiger partial charge in [0.2, 0.25) is 11.8 Å². The molecule has 24 heavy (non-hydrogen) atoms. The van der Waals surface area contributed by atoms with Crippen LogP contribution < -0.4 is 10.6 Å². The summed E-state index contributed by atoms with van der Waals surface area (Å²) in [7, 11) is 1.88. The summed E-state index contributed by atoms with van der Waals surface area (Å²) < 4.78 is 12.9. The number of halogens is 1. The lowest BCUT2D eigenvalue weighted by molar-refractivity contribution is -0.135. The molecule has 0 unspecified atom stereocenters. The number of carbonyl (C=O) groups is 2. The second-order valence-corrected chi connectivity index (χ2v) is 6.21. The van der Waals surface area contributed by atoms with Crippen molar-refractivity contribution in [2.24, 2.45) is 5.92 Å². The average molecular weight is 335 g/mol. The van der Waals surface area contributed by atoms with E-state index in [1.165, 1.54) is 12.1 Å². The molecular weight excluding hydrogens is 309 g/mol. The van der Waals surface area contributed by atoms with Crippen LogP contribution in [0, 0.1) is 11.7 Å². The third kappa shape index (κ3) is 5.60. The third-order valence-corrected chi connectivity index (χ3v) is 4.42. The van der Waals surface area contributed by atoms with Crippen molar-refractivity contribution in [3.63, 3.8) is 0 Å². The van der Waals surface area contributed by atoms with Crippen LogP contribution in [0.2, 0.25) is 0 Å². The van der Waals surface area contributed by atoms with Crippen molar-refractivity contribution in [2.75, 3.05) is 26.7 Å². The molecule has 5 nitrogen and oxygen atoms in total. The second kappa shape index (κ2) is 9.37. The molecule has 1 aromatic rings. The first kappa shape index (κ1) is 18.4. The molecule has 1 saturated heterocycles. The van der Waals surface area contributed by atoms with Crippen LogP contribution in [0.25, 0.3) is 0 Å². The van der Waals surface area contributed by atoms with Gasteiger partial charge in [-0.2, -0.15) is 0 Å². The van der Waals surface area contributed by atoms with Crippen LogP contribution in [0.5, 0.6) is 0 Å². The zero-order chi connectivity index (χ0) is 17.4. The standard InChI is InChI=1S/C18H26FN3O2/c1-20-10-2-3-17(23)22-11-8-15(9-12-22)18(24)21-13-14-4-6-16(19)7-5-14/h4-7,15,20H,2-3,8-13H2,1H3,(H,21,24). The molecule has 0 atom stereocenters.